The van der Waals surface area contributed by atoms with Crippen molar-refractivity contribution in [3.63, 3.8) is 0 Å². The lowest BCUT2D eigenvalue weighted by Gasteiger charge is -1.96. The monoisotopic (exact) mass is 291 g/mol. The van der Waals surface area contributed by atoms with Gasteiger partial charge in [0.05, 0.1) is 21.1 Å². The summed E-state index contributed by atoms with van der Waals surface area (Å²) in [5.41, 5.74) is 2.80. The normalized spacial score (nSPS) is 11.1. The zero-order valence-electron chi connectivity index (χ0n) is 10.0. The molecule has 3 nitrogen and oxygen atoms in total. The van der Waals surface area contributed by atoms with Gasteiger partial charge in [0.25, 0.3) is 0 Å². The molecule has 2 heterocycles. The molecular formula is C14H11Cl2N3. The van der Waals surface area contributed by atoms with Gasteiger partial charge < -0.3 is 4.98 Å². The number of imidazole rings is 1. The SMILES string of the molecule is Clc1cc2nc(CCc3ccccn3)[nH]c2cc1Cl. The summed E-state index contributed by atoms with van der Waals surface area (Å²) >= 11 is 12.0. The number of hydrogen-bond donors (Lipinski definition) is 1. The average molecular weight is 292 g/mol. The fourth-order valence-corrected chi connectivity index (χ4v) is 2.29. The number of aryl methyl sites for hydroxylation is 2. The van der Waals surface area contributed by atoms with E-state index in [0.29, 0.717) is 10.0 Å². The molecule has 3 rings (SSSR count). The maximum absolute atomic E-state index is 5.98. The van der Waals surface area contributed by atoms with Crippen LogP contribution in [0.4, 0.5) is 0 Å². The molecule has 19 heavy (non-hydrogen) atoms. The second-order valence-corrected chi connectivity index (χ2v) is 5.10. The van der Waals surface area contributed by atoms with E-state index in [9.17, 15) is 0 Å². The lowest BCUT2D eigenvalue weighted by Crippen LogP contribution is -1.95. The molecule has 1 N–H and O–H groups in total. The number of pyridine rings is 1. The van der Waals surface area contributed by atoms with E-state index in [2.05, 4.69) is 15.0 Å². The topological polar surface area (TPSA) is 41.6 Å². The molecule has 0 unspecified atom stereocenters. The molecule has 0 aliphatic carbocycles. The third-order valence-corrected chi connectivity index (χ3v) is 3.64. The number of benzene rings is 1. The summed E-state index contributed by atoms with van der Waals surface area (Å²) in [5, 5.41) is 1.06. The molecule has 0 saturated carbocycles. The largest absolute Gasteiger partial charge is 0.342 e. The van der Waals surface area contributed by atoms with Crippen molar-refractivity contribution >= 4 is 34.2 Å². The van der Waals surface area contributed by atoms with Gasteiger partial charge >= 0.3 is 0 Å². The number of halogens is 2. The summed E-state index contributed by atoms with van der Waals surface area (Å²) in [6.45, 7) is 0. The summed E-state index contributed by atoms with van der Waals surface area (Å²) in [6.07, 6.45) is 3.45. The summed E-state index contributed by atoms with van der Waals surface area (Å²) in [4.78, 5) is 12.0. The van der Waals surface area contributed by atoms with Gasteiger partial charge in [-0.25, -0.2) is 4.98 Å². The highest BCUT2D eigenvalue weighted by Crippen LogP contribution is 2.26. The van der Waals surface area contributed by atoms with E-state index >= 15 is 0 Å². The van der Waals surface area contributed by atoms with Crippen molar-refractivity contribution in [3.8, 4) is 0 Å². The van der Waals surface area contributed by atoms with Crippen LogP contribution >= 0.6 is 23.2 Å². The van der Waals surface area contributed by atoms with Crippen molar-refractivity contribution in [2.45, 2.75) is 12.8 Å². The standard InChI is InChI=1S/C14H11Cl2N3/c15-10-7-12-13(8-11(10)16)19-14(18-12)5-4-9-3-1-2-6-17-9/h1-3,6-8H,4-5H2,(H,18,19). The lowest BCUT2D eigenvalue weighted by atomic mass is 10.2. The van der Waals surface area contributed by atoms with Gasteiger partial charge in [-0.2, -0.15) is 0 Å². The molecule has 2 aromatic heterocycles. The van der Waals surface area contributed by atoms with Crippen LogP contribution in [0.1, 0.15) is 11.5 Å². The highest BCUT2D eigenvalue weighted by molar-refractivity contribution is 6.42. The van der Waals surface area contributed by atoms with E-state index in [1.54, 1.807) is 18.3 Å². The number of rotatable bonds is 3. The number of nitrogens with zero attached hydrogens (tertiary/aromatic N) is 2. The van der Waals surface area contributed by atoms with Crippen LogP contribution in [0.25, 0.3) is 11.0 Å². The van der Waals surface area contributed by atoms with Crippen LogP contribution in [0.15, 0.2) is 36.5 Å². The second kappa shape index (κ2) is 5.19. The third kappa shape index (κ3) is 2.72. The predicted octanol–water partition coefficient (Wildman–Crippen LogP) is 4.05. The first-order valence-corrected chi connectivity index (χ1v) is 6.71. The Labute approximate surface area is 120 Å². The Hall–Kier alpha value is -1.58. The first-order valence-electron chi connectivity index (χ1n) is 5.96. The fraction of sp³-hybridized carbons (Fsp3) is 0.143. The Morgan fingerprint density at radius 1 is 1.05 bits per heavy atom. The third-order valence-electron chi connectivity index (χ3n) is 2.92. The van der Waals surface area contributed by atoms with Gasteiger partial charge in [0.1, 0.15) is 5.82 Å². The van der Waals surface area contributed by atoms with E-state index in [4.69, 9.17) is 23.2 Å². The molecule has 0 atom stereocenters. The molecule has 0 fully saturated rings. The van der Waals surface area contributed by atoms with Gasteiger partial charge in [-0.3, -0.25) is 4.98 Å². The number of aromatic nitrogens is 3. The summed E-state index contributed by atoms with van der Waals surface area (Å²) in [5.74, 6) is 0.916. The molecule has 5 heteroatoms. The van der Waals surface area contributed by atoms with E-state index in [1.165, 1.54) is 0 Å². The molecule has 0 spiro atoms. The quantitative estimate of drug-likeness (QED) is 0.791. The average Bonchev–Trinajstić information content (AvgIpc) is 2.80. The predicted molar refractivity (Wildman–Crippen MR) is 77.8 cm³/mol. The molecule has 0 amide bonds. The zero-order chi connectivity index (χ0) is 13.2. The minimum Gasteiger partial charge on any atom is -0.342 e. The molecule has 0 aliphatic rings. The highest BCUT2D eigenvalue weighted by Gasteiger charge is 2.07. The zero-order valence-corrected chi connectivity index (χ0v) is 11.5. The Morgan fingerprint density at radius 2 is 1.89 bits per heavy atom. The fourth-order valence-electron chi connectivity index (χ4n) is 1.97. The van der Waals surface area contributed by atoms with Crippen LogP contribution in [0, 0.1) is 0 Å². The first kappa shape index (κ1) is 12.5. The van der Waals surface area contributed by atoms with Gasteiger partial charge in [-0.05, 0) is 30.7 Å². The number of H-pyrrole nitrogens is 1. The molecule has 0 saturated heterocycles. The second-order valence-electron chi connectivity index (χ2n) is 4.29. The lowest BCUT2D eigenvalue weighted by molar-refractivity contribution is 0.861. The van der Waals surface area contributed by atoms with Gasteiger partial charge in [0.15, 0.2) is 0 Å². The van der Waals surface area contributed by atoms with Crippen LogP contribution in [0.5, 0.6) is 0 Å². The van der Waals surface area contributed by atoms with Gasteiger partial charge in [-0.1, -0.05) is 29.3 Å². The molecule has 0 bridgehead atoms. The van der Waals surface area contributed by atoms with Crippen molar-refractivity contribution in [2.75, 3.05) is 0 Å². The first-order chi connectivity index (χ1) is 9.22. The Kier molecular flexibility index (Phi) is 3.40. The van der Waals surface area contributed by atoms with Gasteiger partial charge in [0.2, 0.25) is 0 Å². The number of nitrogens with one attached hydrogen (secondary N) is 1. The molecule has 96 valence electrons. The van der Waals surface area contributed by atoms with Crippen molar-refractivity contribution < 1.29 is 0 Å². The smallest absolute Gasteiger partial charge is 0.107 e. The molecule has 0 aliphatic heterocycles. The highest BCUT2D eigenvalue weighted by atomic mass is 35.5. The van der Waals surface area contributed by atoms with Crippen LogP contribution in [0.3, 0.4) is 0 Å². The summed E-state index contributed by atoms with van der Waals surface area (Å²) in [7, 11) is 0. The maximum Gasteiger partial charge on any atom is 0.107 e. The maximum atomic E-state index is 5.98. The van der Waals surface area contributed by atoms with Crippen LogP contribution < -0.4 is 0 Å². The van der Waals surface area contributed by atoms with Gasteiger partial charge in [-0.15, -0.1) is 0 Å². The minimum absolute atomic E-state index is 0.525. The van der Waals surface area contributed by atoms with Crippen LogP contribution in [-0.4, -0.2) is 15.0 Å². The van der Waals surface area contributed by atoms with Crippen molar-refractivity contribution in [2.24, 2.45) is 0 Å². The number of fused-ring (bicyclic) bond motifs is 1. The summed E-state index contributed by atoms with van der Waals surface area (Å²) < 4.78 is 0. The van der Waals surface area contributed by atoms with E-state index in [-0.39, 0.29) is 0 Å². The molecular weight excluding hydrogens is 281 g/mol. The van der Waals surface area contributed by atoms with E-state index < -0.39 is 0 Å². The number of hydrogen-bond acceptors (Lipinski definition) is 2. The Balaban J connectivity index is 1.82. The van der Waals surface area contributed by atoms with Crippen LogP contribution in [0.2, 0.25) is 10.0 Å². The Morgan fingerprint density at radius 3 is 2.68 bits per heavy atom. The van der Waals surface area contributed by atoms with Crippen LogP contribution in [-0.2, 0) is 12.8 Å². The van der Waals surface area contributed by atoms with E-state index in [1.807, 2.05) is 18.2 Å². The van der Waals surface area contributed by atoms with Crippen molar-refractivity contribution in [1.82, 2.24) is 15.0 Å². The van der Waals surface area contributed by atoms with Crippen molar-refractivity contribution in [3.05, 3.63) is 58.1 Å². The van der Waals surface area contributed by atoms with E-state index in [0.717, 1.165) is 35.4 Å². The van der Waals surface area contributed by atoms with Gasteiger partial charge in [0, 0.05) is 18.3 Å². The minimum atomic E-state index is 0.525. The molecule has 1 aromatic carbocycles. The molecule has 3 aromatic rings. The summed E-state index contributed by atoms with van der Waals surface area (Å²) in [6, 6.07) is 9.49. The Bertz CT molecular complexity index is 668. The molecule has 0 radical (unpaired) electrons. The van der Waals surface area contributed by atoms with Crippen molar-refractivity contribution in [1.29, 1.82) is 0 Å². The number of aromatic amines is 1.